The number of ether oxygens (including phenoxy) is 2. The fourth-order valence-corrected chi connectivity index (χ4v) is 1.14. The molecule has 0 amide bonds. The van der Waals surface area contributed by atoms with Gasteiger partial charge in [-0.1, -0.05) is 0 Å². The molecule has 0 heterocycles. The average molecular weight is 285 g/mol. The van der Waals surface area contributed by atoms with Gasteiger partial charge in [-0.25, -0.2) is 0 Å². The van der Waals surface area contributed by atoms with Crippen LogP contribution < -0.4 is 15.9 Å². The summed E-state index contributed by atoms with van der Waals surface area (Å²) in [6, 6.07) is 7.00. The van der Waals surface area contributed by atoms with E-state index in [4.69, 9.17) is 25.4 Å². The van der Waals surface area contributed by atoms with E-state index in [1.165, 1.54) is 0 Å². The second-order valence-electron chi connectivity index (χ2n) is 3.42. The number of hydrogen-bond donors (Lipinski definition) is 4. The number of nitrogens with two attached hydrogens (primary N) is 1. The molecule has 19 heavy (non-hydrogen) atoms. The van der Waals surface area contributed by atoms with E-state index in [9.17, 15) is 0 Å². The van der Waals surface area contributed by atoms with E-state index in [2.05, 4.69) is 22.7 Å². The number of aliphatic hydroxyl groups excluding tert-OH is 1. The van der Waals surface area contributed by atoms with Crippen LogP contribution in [0.2, 0.25) is 0 Å². The highest BCUT2D eigenvalue weighted by Gasteiger charge is 1.98. The molecule has 0 atom stereocenters. The van der Waals surface area contributed by atoms with Crippen LogP contribution in [-0.4, -0.2) is 41.2 Å². The third kappa shape index (κ3) is 7.32. The summed E-state index contributed by atoms with van der Waals surface area (Å²) in [7, 11) is 0. The Hall–Kier alpha value is -1.74. The Morgan fingerprint density at radius 3 is 2.68 bits per heavy atom. The second-order valence-corrected chi connectivity index (χ2v) is 3.86. The maximum atomic E-state index is 8.54. The predicted octanol–water partition coefficient (Wildman–Crippen LogP) is -0.483. The van der Waals surface area contributed by atoms with Crippen LogP contribution in [0, 0.1) is 0 Å². The van der Waals surface area contributed by atoms with Gasteiger partial charge < -0.3 is 25.4 Å². The average Bonchev–Trinajstić information content (AvgIpc) is 2.36. The summed E-state index contributed by atoms with van der Waals surface area (Å²) in [6.07, 6.45) is 0.0602. The van der Waals surface area contributed by atoms with Gasteiger partial charge in [0.05, 0.1) is 6.21 Å². The third-order valence-corrected chi connectivity index (χ3v) is 1.94. The minimum absolute atomic E-state index is 0.0615. The van der Waals surface area contributed by atoms with Gasteiger partial charge in [0, 0.05) is 0 Å². The third-order valence-electron chi connectivity index (χ3n) is 1.84. The van der Waals surface area contributed by atoms with E-state index in [0.717, 1.165) is 5.56 Å². The summed E-state index contributed by atoms with van der Waals surface area (Å²) in [5, 5.41) is 21.0. The number of nitrogens with one attached hydrogen (secondary N) is 1. The molecule has 104 valence electrons. The smallest absolute Gasteiger partial charge is 0.189 e. The first-order chi connectivity index (χ1) is 9.08. The van der Waals surface area contributed by atoms with Crippen molar-refractivity contribution in [2.24, 2.45) is 10.8 Å². The predicted molar refractivity (Wildman–Crippen MR) is 73.6 cm³/mol. The highest BCUT2D eigenvalue weighted by Crippen LogP contribution is 2.10. The maximum absolute atomic E-state index is 8.54. The number of hydrogen-bond acceptors (Lipinski definition) is 6. The lowest BCUT2D eigenvalue weighted by atomic mass is 10.2. The Labute approximate surface area is 115 Å². The molecule has 0 aliphatic carbocycles. The molecule has 0 aliphatic rings. The van der Waals surface area contributed by atoms with E-state index in [-0.39, 0.29) is 18.5 Å². The van der Waals surface area contributed by atoms with Crippen molar-refractivity contribution in [3.8, 4) is 5.75 Å². The molecule has 7 nitrogen and oxygen atoms in total. The van der Waals surface area contributed by atoms with E-state index in [1.54, 1.807) is 30.5 Å². The minimum atomic E-state index is -1.50. The number of hydrazone groups is 1. The fraction of sp³-hybridized carbons (Fsp3) is 0.273. The van der Waals surface area contributed by atoms with Crippen LogP contribution in [0.15, 0.2) is 29.4 Å². The molecule has 0 unspecified atom stereocenters. The lowest BCUT2D eigenvalue weighted by Crippen LogP contribution is -2.23. The summed E-state index contributed by atoms with van der Waals surface area (Å²) in [5.41, 5.74) is 8.48. The van der Waals surface area contributed by atoms with E-state index < -0.39 is 6.29 Å². The van der Waals surface area contributed by atoms with Gasteiger partial charge in [0.2, 0.25) is 0 Å². The van der Waals surface area contributed by atoms with Crippen LogP contribution in [0.1, 0.15) is 5.56 Å². The highest BCUT2D eigenvalue weighted by atomic mass is 32.1. The quantitative estimate of drug-likeness (QED) is 0.176. The van der Waals surface area contributed by atoms with Crippen molar-refractivity contribution >= 4 is 23.5 Å². The SMILES string of the molecule is NC(=S)N/N=C/c1ccc(OCOCC(O)O)cc1. The van der Waals surface area contributed by atoms with E-state index >= 15 is 0 Å². The first-order valence-corrected chi connectivity index (χ1v) is 5.74. The zero-order valence-corrected chi connectivity index (χ0v) is 10.8. The number of rotatable bonds is 7. The van der Waals surface area contributed by atoms with Crippen LogP contribution in [0.3, 0.4) is 0 Å². The molecule has 1 aromatic carbocycles. The van der Waals surface area contributed by atoms with Gasteiger partial charge in [-0.05, 0) is 42.0 Å². The van der Waals surface area contributed by atoms with Gasteiger partial charge in [-0.2, -0.15) is 5.10 Å². The van der Waals surface area contributed by atoms with Crippen molar-refractivity contribution in [1.82, 2.24) is 5.43 Å². The fourth-order valence-electron chi connectivity index (χ4n) is 1.08. The van der Waals surface area contributed by atoms with E-state index in [1.807, 2.05) is 0 Å². The zero-order valence-electron chi connectivity index (χ0n) is 10.0. The number of nitrogens with zero attached hydrogens (tertiary/aromatic N) is 1. The number of benzene rings is 1. The Bertz CT molecular complexity index is 422. The Balaban J connectivity index is 2.35. The highest BCUT2D eigenvalue weighted by molar-refractivity contribution is 7.80. The Kier molecular flexibility index (Phi) is 6.75. The van der Waals surface area contributed by atoms with Gasteiger partial charge in [0.15, 0.2) is 18.2 Å². The van der Waals surface area contributed by atoms with Crippen LogP contribution in [0.4, 0.5) is 0 Å². The lowest BCUT2D eigenvalue weighted by molar-refractivity contribution is -0.116. The van der Waals surface area contributed by atoms with E-state index in [0.29, 0.717) is 5.75 Å². The van der Waals surface area contributed by atoms with Gasteiger partial charge in [0.25, 0.3) is 0 Å². The van der Waals surface area contributed by atoms with Crippen LogP contribution in [0.25, 0.3) is 0 Å². The summed E-state index contributed by atoms with van der Waals surface area (Å²) in [4.78, 5) is 0. The topological polar surface area (TPSA) is 109 Å². The maximum Gasteiger partial charge on any atom is 0.189 e. The molecule has 0 saturated carbocycles. The molecule has 8 heteroatoms. The minimum Gasteiger partial charge on any atom is -0.468 e. The lowest BCUT2D eigenvalue weighted by Gasteiger charge is -2.08. The van der Waals surface area contributed by atoms with Gasteiger partial charge in [-0.3, -0.25) is 5.43 Å². The molecule has 0 aromatic heterocycles. The standard InChI is InChI=1S/C11H15N3O4S/c12-11(19)14-13-5-8-1-3-9(4-2-8)18-7-17-6-10(15)16/h1-5,10,15-16H,6-7H2,(H3,12,14,19)/b13-5+. The van der Waals surface area contributed by atoms with Crippen molar-refractivity contribution in [1.29, 1.82) is 0 Å². The summed E-state index contributed by atoms with van der Waals surface area (Å²) < 4.78 is 10.0. The molecule has 1 rings (SSSR count). The van der Waals surface area contributed by atoms with Crippen molar-refractivity contribution < 1.29 is 19.7 Å². The van der Waals surface area contributed by atoms with Crippen molar-refractivity contribution in [2.75, 3.05) is 13.4 Å². The monoisotopic (exact) mass is 285 g/mol. The molecule has 0 aliphatic heterocycles. The second kappa shape index (κ2) is 8.38. The largest absolute Gasteiger partial charge is 0.468 e. The first kappa shape index (κ1) is 15.3. The molecular weight excluding hydrogens is 270 g/mol. The number of aliphatic hydroxyl groups is 2. The van der Waals surface area contributed by atoms with Crippen LogP contribution in [0.5, 0.6) is 5.75 Å². The van der Waals surface area contributed by atoms with Gasteiger partial charge >= 0.3 is 0 Å². The normalized spacial score (nSPS) is 10.9. The first-order valence-electron chi connectivity index (χ1n) is 5.33. The molecule has 0 radical (unpaired) electrons. The molecule has 0 saturated heterocycles. The molecule has 1 aromatic rings. The van der Waals surface area contributed by atoms with Crippen LogP contribution in [-0.2, 0) is 4.74 Å². The number of thiocarbonyl (C=S) groups is 1. The van der Waals surface area contributed by atoms with Crippen molar-refractivity contribution in [3.05, 3.63) is 29.8 Å². The zero-order chi connectivity index (χ0) is 14.1. The Morgan fingerprint density at radius 2 is 2.11 bits per heavy atom. The van der Waals surface area contributed by atoms with Crippen molar-refractivity contribution in [2.45, 2.75) is 6.29 Å². The van der Waals surface area contributed by atoms with Crippen LogP contribution >= 0.6 is 12.2 Å². The molecule has 0 bridgehead atoms. The summed E-state index contributed by atoms with van der Waals surface area (Å²) in [5.74, 6) is 0.590. The van der Waals surface area contributed by atoms with Gasteiger partial charge in [0.1, 0.15) is 12.4 Å². The summed E-state index contributed by atoms with van der Waals surface area (Å²) in [6.45, 7) is -0.260. The summed E-state index contributed by atoms with van der Waals surface area (Å²) >= 11 is 4.59. The Morgan fingerprint density at radius 1 is 1.42 bits per heavy atom. The molecule has 0 spiro atoms. The molecule has 5 N–H and O–H groups in total. The van der Waals surface area contributed by atoms with Crippen molar-refractivity contribution in [3.63, 3.8) is 0 Å². The molecule has 0 fully saturated rings. The van der Waals surface area contributed by atoms with Gasteiger partial charge in [-0.15, -0.1) is 0 Å². The molecular formula is C11H15N3O4S.